The molecule has 0 atom stereocenters. The third kappa shape index (κ3) is 4.78. The third-order valence-electron chi connectivity index (χ3n) is 2.70. The molecule has 0 spiro atoms. The van der Waals surface area contributed by atoms with Crippen molar-refractivity contribution in [2.75, 3.05) is 25.1 Å². The van der Waals surface area contributed by atoms with Crippen LogP contribution in [-0.4, -0.2) is 25.3 Å². The Morgan fingerprint density at radius 1 is 1.18 bits per heavy atom. The molecule has 2 heteroatoms. The van der Waals surface area contributed by atoms with E-state index in [0.29, 0.717) is 0 Å². The highest BCUT2D eigenvalue weighted by Crippen LogP contribution is 2.26. The Labute approximate surface area is 106 Å². The summed E-state index contributed by atoms with van der Waals surface area (Å²) < 4.78 is 0. The van der Waals surface area contributed by atoms with Gasteiger partial charge in [-0.1, -0.05) is 39.0 Å². The first-order valence-corrected chi connectivity index (χ1v) is 6.69. The fraction of sp³-hybridized carbons (Fsp3) is 0.600. The van der Waals surface area contributed by atoms with Crippen molar-refractivity contribution < 1.29 is 5.11 Å². The van der Waals surface area contributed by atoms with E-state index in [1.54, 1.807) is 0 Å². The van der Waals surface area contributed by atoms with Crippen LogP contribution in [0.5, 0.6) is 0 Å². The number of aliphatic hydroxyl groups is 1. The Kier molecular flexibility index (Phi) is 9.55. The van der Waals surface area contributed by atoms with Crippen molar-refractivity contribution in [3.63, 3.8) is 0 Å². The minimum Gasteiger partial charge on any atom is -0.400 e. The average molecular weight is 237 g/mol. The van der Waals surface area contributed by atoms with Crippen LogP contribution in [-0.2, 0) is 6.42 Å². The van der Waals surface area contributed by atoms with Crippen molar-refractivity contribution >= 4 is 5.69 Å². The summed E-state index contributed by atoms with van der Waals surface area (Å²) in [5.74, 6) is 0. The summed E-state index contributed by atoms with van der Waals surface area (Å²) in [5, 5.41) is 7.00. The van der Waals surface area contributed by atoms with Crippen molar-refractivity contribution in [3.05, 3.63) is 29.8 Å². The van der Waals surface area contributed by atoms with Gasteiger partial charge in [0.25, 0.3) is 0 Å². The van der Waals surface area contributed by atoms with Crippen molar-refractivity contribution in [1.82, 2.24) is 0 Å². The van der Waals surface area contributed by atoms with Crippen molar-refractivity contribution in [1.29, 1.82) is 0 Å². The summed E-state index contributed by atoms with van der Waals surface area (Å²) in [5.41, 5.74) is 3.00. The Bertz CT molecular complexity index is 286. The maximum atomic E-state index is 7.00. The molecule has 0 bridgehead atoms. The number of benzene rings is 1. The molecule has 1 N–H and O–H groups in total. The van der Waals surface area contributed by atoms with Gasteiger partial charge in [0.1, 0.15) is 0 Å². The molecular formula is C15H27NO. The fourth-order valence-corrected chi connectivity index (χ4v) is 2.11. The Morgan fingerprint density at radius 2 is 1.82 bits per heavy atom. The summed E-state index contributed by atoms with van der Waals surface area (Å²) in [7, 11) is 1.00. The second-order valence-electron chi connectivity index (χ2n) is 3.72. The highest BCUT2D eigenvalue weighted by Gasteiger charge is 2.14. The Balaban J connectivity index is 0.000000581. The van der Waals surface area contributed by atoms with E-state index in [-0.39, 0.29) is 0 Å². The zero-order valence-electron chi connectivity index (χ0n) is 11.7. The number of aliphatic hydroxyl groups excluding tert-OH is 1. The van der Waals surface area contributed by atoms with Crippen LogP contribution < -0.4 is 4.90 Å². The molecule has 1 aliphatic rings. The second-order valence-corrected chi connectivity index (χ2v) is 3.72. The summed E-state index contributed by atoms with van der Waals surface area (Å²) in [6.07, 6.45) is 3.82. The molecule has 1 aromatic rings. The van der Waals surface area contributed by atoms with Gasteiger partial charge in [0.05, 0.1) is 0 Å². The number of rotatable bonds is 2. The minimum absolute atomic E-state index is 1.00. The highest BCUT2D eigenvalue weighted by molar-refractivity contribution is 5.55. The summed E-state index contributed by atoms with van der Waals surface area (Å²) in [4.78, 5) is 2.51. The monoisotopic (exact) mass is 237 g/mol. The van der Waals surface area contributed by atoms with E-state index in [1.165, 1.54) is 43.6 Å². The van der Waals surface area contributed by atoms with Crippen LogP contribution in [0, 0.1) is 0 Å². The van der Waals surface area contributed by atoms with Crippen LogP contribution in [0.4, 0.5) is 5.69 Å². The lowest BCUT2D eigenvalue weighted by molar-refractivity contribution is 0.399. The number of hydrogen-bond donors (Lipinski definition) is 1. The number of para-hydroxylation sites is 1. The van der Waals surface area contributed by atoms with Gasteiger partial charge in [-0.15, -0.1) is 0 Å². The van der Waals surface area contributed by atoms with E-state index in [0.717, 1.165) is 7.11 Å². The average Bonchev–Trinajstić information content (AvgIpc) is 2.44. The number of aryl methyl sites for hydroxylation is 1. The van der Waals surface area contributed by atoms with Crippen LogP contribution in [0.3, 0.4) is 0 Å². The maximum Gasteiger partial charge on any atom is 0.0398 e. The van der Waals surface area contributed by atoms with E-state index in [1.807, 2.05) is 13.8 Å². The van der Waals surface area contributed by atoms with Crippen LogP contribution in [0.2, 0.25) is 0 Å². The second kappa shape index (κ2) is 10.2. The van der Waals surface area contributed by atoms with Gasteiger partial charge in [-0.05, 0) is 30.9 Å². The predicted molar refractivity (Wildman–Crippen MR) is 76.8 cm³/mol. The molecule has 1 aromatic carbocycles. The third-order valence-corrected chi connectivity index (χ3v) is 2.70. The van der Waals surface area contributed by atoms with Gasteiger partial charge in [0.15, 0.2) is 0 Å². The maximum absolute atomic E-state index is 7.00. The zero-order valence-corrected chi connectivity index (χ0v) is 11.7. The first kappa shape index (κ1) is 16.0. The van der Waals surface area contributed by atoms with Crippen molar-refractivity contribution in [2.45, 2.75) is 40.0 Å². The van der Waals surface area contributed by atoms with E-state index < -0.39 is 0 Å². The molecule has 0 amide bonds. The molecule has 0 radical (unpaired) electrons. The molecule has 1 aliphatic heterocycles. The summed E-state index contributed by atoms with van der Waals surface area (Å²) >= 11 is 0. The Hall–Kier alpha value is -1.02. The van der Waals surface area contributed by atoms with Crippen molar-refractivity contribution in [3.8, 4) is 0 Å². The van der Waals surface area contributed by atoms with Gasteiger partial charge in [0, 0.05) is 25.9 Å². The summed E-state index contributed by atoms with van der Waals surface area (Å²) in [6.45, 7) is 8.69. The summed E-state index contributed by atoms with van der Waals surface area (Å²) in [6, 6.07) is 8.81. The number of nitrogens with zero attached hydrogens (tertiary/aromatic N) is 1. The van der Waals surface area contributed by atoms with E-state index >= 15 is 0 Å². The smallest absolute Gasteiger partial charge is 0.0398 e. The van der Waals surface area contributed by atoms with Gasteiger partial charge in [0.2, 0.25) is 0 Å². The van der Waals surface area contributed by atoms with Gasteiger partial charge < -0.3 is 10.0 Å². The number of anilines is 1. The Morgan fingerprint density at radius 3 is 2.47 bits per heavy atom. The lowest BCUT2D eigenvalue weighted by Crippen LogP contribution is -2.29. The lowest BCUT2D eigenvalue weighted by Gasteiger charge is -2.30. The number of fused-ring (bicyclic) bond motifs is 1. The van der Waals surface area contributed by atoms with Crippen LogP contribution in [0.15, 0.2) is 24.3 Å². The molecule has 0 fully saturated rings. The first-order valence-electron chi connectivity index (χ1n) is 6.69. The predicted octanol–water partition coefficient (Wildman–Crippen LogP) is 3.48. The van der Waals surface area contributed by atoms with E-state index in [9.17, 15) is 0 Å². The topological polar surface area (TPSA) is 23.5 Å². The molecule has 0 aliphatic carbocycles. The first-order chi connectivity index (χ1) is 8.42. The van der Waals surface area contributed by atoms with Crippen molar-refractivity contribution in [2.24, 2.45) is 0 Å². The molecule has 98 valence electrons. The van der Waals surface area contributed by atoms with E-state index in [4.69, 9.17) is 5.11 Å². The fourth-order valence-electron chi connectivity index (χ4n) is 2.11. The minimum atomic E-state index is 1.00. The van der Waals surface area contributed by atoms with Gasteiger partial charge in [-0.2, -0.15) is 0 Å². The molecule has 0 saturated carbocycles. The van der Waals surface area contributed by atoms with Gasteiger partial charge >= 0.3 is 0 Å². The molecule has 2 nitrogen and oxygen atoms in total. The van der Waals surface area contributed by atoms with Gasteiger partial charge in [-0.3, -0.25) is 0 Å². The molecule has 0 aromatic heterocycles. The quantitative estimate of drug-likeness (QED) is 0.851. The molecule has 1 heterocycles. The standard InChI is InChI=1S/C12H17N.C2H6.CH4O/c1-2-9-13-10-5-7-11-6-3-4-8-12(11)13;2*1-2/h3-4,6,8H,2,5,7,9-10H2,1H3;1-2H3;2H,1H3. The van der Waals surface area contributed by atoms with Crippen LogP contribution >= 0.6 is 0 Å². The molecule has 17 heavy (non-hydrogen) atoms. The number of hydrogen-bond acceptors (Lipinski definition) is 2. The SMILES string of the molecule is CC.CCCN1CCCc2ccccc21.CO. The normalized spacial score (nSPS) is 12.6. The highest BCUT2D eigenvalue weighted by atomic mass is 16.2. The molecule has 0 saturated heterocycles. The largest absolute Gasteiger partial charge is 0.400 e. The van der Waals surface area contributed by atoms with Crippen LogP contribution in [0.1, 0.15) is 39.2 Å². The van der Waals surface area contributed by atoms with E-state index in [2.05, 4.69) is 36.1 Å². The van der Waals surface area contributed by atoms with Crippen LogP contribution in [0.25, 0.3) is 0 Å². The molecule has 0 unspecified atom stereocenters. The van der Waals surface area contributed by atoms with Gasteiger partial charge in [-0.25, -0.2) is 0 Å². The molecule has 2 rings (SSSR count). The lowest BCUT2D eigenvalue weighted by atomic mass is 10.0. The molecular weight excluding hydrogens is 210 g/mol. The zero-order chi connectivity index (χ0) is 13.1.